The second-order valence-corrected chi connectivity index (χ2v) is 7.08. The van der Waals surface area contributed by atoms with E-state index in [1.165, 1.54) is 0 Å². The highest BCUT2D eigenvalue weighted by molar-refractivity contribution is 5.95. The molecule has 6 heteroatoms. The number of carbonyl (C=O) groups is 1. The molecule has 0 fully saturated rings. The Labute approximate surface area is 175 Å². The molecule has 0 atom stereocenters. The summed E-state index contributed by atoms with van der Waals surface area (Å²) >= 11 is 0. The van der Waals surface area contributed by atoms with Crippen molar-refractivity contribution in [3.63, 3.8) is 0 Å². The molecule has 0 spiro atoms. The zero-order valence-electron chi connectivity index (χ0n) is 17.3. The molecule has 0 aliphatic rings. The molecule has 2 aromatic carbocycles. The number of amides is 1. The third-order valence-electron chi connectivity index (χ3n) is 5.05. The number of fused-ring (bicyclic) bond motifs is 1. The van der Waals surface area contributed by atoms with Gasteiger partial charge in [-0.2, -0.15) is 5.10 Å². The van der Waals surface area contributed by atoms with Crippen LogP contribution in [0, 0.1) is 13.8 Å². The van der Waals surface area contributed by atoms with E-state index in [1.807, 2.05) is 75.4 Å². The second kappa shape index (κ2) is 8.37. The minimum absolute atomic E-state index is 0.176. The van der Waals surface area contributed by atoms with Crippen LogP contribution in [0.2, 0.25) is 0 Å². The highest BCUT2D eigenvalue weighted by Crippen LogP contribution is 2.27. The summed E-state index contributed by atoms with van der Waals surface area (Å²) in [6, 6.07) is 17.8. The number of rotatable bonds is 6. The van der Waals surface area contributed by atoms with Gasteiger partial charge in [-0.05, 0) is 44.0 Å². The summed E-state index contributed by atoms with van der Waals surface area (Å²) in [6.45, 7) is 6.86. The van der Waals surface area contributed by atoms with Crippen molar-refractivity contribution < 1.29 is 9.53 Å². The Hall–Kier alpha value is -3.67. The zero-order valence-corrected chi connectivity index (χ0v) is 17.3. The predicted molar refractivity (Wildman–Crippen MR) is 117 cm³/mol. The average Bonchev–Trinajstić information content (AvgIpc) is 3.11. The van der Waals surface area contributed by atoms with Gasteiger partial charge in [0.2, 0.25) is 0 Å². The fourth-order valence-corrected chi connectivity index (χ4v) is 3.51. The molecule has 2 aromatic heterocycles. The lowest BCUT2D eigenvalue weighted by molar-refractivity contribution is 0.0949. The Morgan fingerprint density at radius 1 is 1.07 bits per heavy atom. The first-order chi connectivity index (χ1) is 14.6. The fraction of sp³-hybridized carbons (Fsp3) is 0.208. The maximum Gasteiger partial charge on any atom is 0.254 e. The van der Waals surface area contributed by atoms with E-state index in [2.05, 4.69) is 15.4 Å². The topological polar surface area (TPSA) is 68.5 Å². The van der Waals surface area contributed by atoms with Crippen LogP contribution in [0.15, 0.2) is 60.8 Å². The number of carbonyl (C=O) groups excluding carboxylic acids is 1. The number of hydrogen-bond acceptors (Lipinski definition) is 4. The van der Waals surface area contributed by atoms with Crippen LogP contribution in [-0.2, 0) is 6.54 Å². The minimum atomic E-state index is -0.176. The molecular weight excluding hydrogens is 376 g/mol. The van der Waals surface area contributed by atoms with E-state index in [0.717, 1.165) is 39.5 Å². The van der Waals surface area contributed by atoms with Gasteiger partial charge < -0.3 is 10.1 Å². The highest BCUT2D eigenvalue weighted by atomic mass is 16.5. The lowest BCUT2D eigenvalue weighted by Crippen LogP contribution is -2.24. The molecule has 0 aliphatic heterocycles. The van der Waals surface area contributed by atoms with E-state index >= 15 is 0 Å². The van der Waals surface area contributed by atoms with Gasteiger partial charge in [0.15, 0.2) is 5.65 Å². The van der Waals surface area contributed by atoms with Gasteiger partial charge in [-0.1, -0.05) is 42.5 Å². The van der Waals surface area contributed by atoms with Crippen molar-refractivity contribution >= 4 is 11.6 Å². The second-order valence-electron chi connectivity index (χ2n) is 7.08. The van der Waals surface area contributed by atoms with Crippen LogP contribution in [0.4, 0.5) is 0 Å². The molecule has 2 heterocycles. The molecular formula is C24H24N4O2. The molecule has 1 N–H and O–H groups in total. The molecule has 0 saturated heterocycles. The Bertz CT molecular complexity index is 1180. The van der Waals surface area contributed by atoms with Crippen molar-refractivity contribution in [3.05, 3.63) is 83.3 Å². The van der Waals surface area contributed by atoms with Gasteiger partial charge in [-0.15, -0.1) is 0 Å². The summed E-state index contributed by atoms with van der Waals surface area (Å²) in [6.07, 6.45) is 1.63. The van der Waals surface area contributed by atoms with Crippen molar-refractivity contribution in [2.45, 2.75) is 27.3 Å². The van der Waals surface area contributed by atoms with Crippen LogP contribution >= 0.6 is 0 Å². The van der Waals surface area contributed by atoms with Crippen molar-refractivity contribution in [1.82, 2.24) is 19.9 Å². The SMILES string of the molecule is CCOc1ccc(CNC(=O)c2cnc3c(-c4ccccc4)c(C)nn3c2C)cc1. The molecule has 0 aliphatic carbocycles. The number of nitrogens with one attached hydrogen (secondary N) is 1. The first-order valence-corrected chi connectivity index (χ1v) is 9.98. The molecule has 6 nitrogen and oxygen atoms in total. The predicted octanol–water partition coefficient (Wildman–Crippen LogP) is 4.34. The Morgan fingerprint density at radius 2 is 1.80 bits per heavy atom. The number of hydrogen-bond donors (Lipinski definition) is 1. The first kappa shape index (κ1) is 19.6. The Kier molecular flexibility index (Phi) is 5.48. The Morgan fingerprint density at radius 3 is 2.50 bits per heavy atom. The summed E-state index contributed by atoms with van der Waals surface area (Å²) in [7, 11) is 0. The third kappa shape index (κ3) is 3.76. The molecule has 0 saturated carbocycles. The maximum absolute atomic E-state index is 12.8. The van der Waals surface area contributed by atoms with E-state index in [1.54, 1.807) is 10.7 Å². The molecule has 1 amide bonds. The number of nitrogens with zero attached hydrogens (tertiary/aromatic N) is 3. The van der Waals surface area contributed by atoms with Crippen LogP contribution in [-0.4, -0.2) is 27.1 Å². The highest BCUT2D eigenvalue weighted by Gasteiger charge is 2.18. The summed E-state index contributed by atoms with van der Waals surface area (Å²) in [4.78, 5) is 17.4. The third-order valence-corrected chi connectivity index (χ3v) is 5.05. The number of benzene rings is 2. The summed E-state index contributed by atoms with van der Waals surface area (Å²) in [5.74, 6) is 0.645. The van der Waals surface area contributed by atoms with Crippen molar-refractivity contribution in [1.29, 1.82) is 0 Å². The Balaban J connectivity index is 1.57. The van der Waals surface area contributed by atoms with E-state index in [9.17, 15) is 4.79 Å². The van der Waals surface area contributed by atoms with Gasteiger partial charge in [-0.25, -0.2) is 9.50 Å². The fourth-order valence-electron chi connectivity index (χ4n) is 3.51. The molecule has 30 heavy (non-hydrogen) atoms. The summed E-state index contributed by atoms with van der Waals surface area (Å²) in [5.41, 5.74) is 5.94. The smallest absolute Gasteiger partial charge is 0.254 e. The van der Waals surface area contributed by atoms with E-state index in [-0.39, 0.29) is 5.91 Å². The first-order valence-electron chi connectivity index (χ1n) is 9.98. The van der Waals surface area contributed by atoms with Crippen LogP contribution in [0.3, 0.4) is 0 Å². The quantitative estimate of drug-likeness (QED) is 0.523. The van der Waals surface area contributed by atoms with E-state index in [0.29, 0.717) is 18.7 Å². The van der Waals surface area contributed by atoms with Gasteiger partial charge in [-0.3, -0.25) is 4.79 Å². The molecule has 0 radical (unpaired) electrons. The molecule has 0 bridgehead atoms. The monoisotopic (exact) mass is 400 g/mol. The largest absolute Gasteiger partial charge is 0.494 e. The lowest BCUT2D eigenvalue weighted by Gasteiger charge is -2.10. The molecule has 152 valence electrons. The van der Waals surface area contributed by atoms with Crippen molar-refractivity contribution in [2.24, 2.45) is 0 Å². The van der Waals surface area contributed by atoms with Gasteiger partial charge in [0.25, 0.3) is 5.91 Å². The van der Waals surface area contributed by atoms with Crippen molar-refractivity contribution in [3.8, 4) is 16.9 Å². The van der Waals surface area contributed by atoms with Gasteiger partial charge >= 0.3 is 0 Å². The molecule has 0 unspecified atom stereocenters. The van der Waals surface area contributed by atoms with Gasteiger partial charge in [0, 0.05) is 18.3 Å². The van der Waals surface area contributed by atoms with Crippen molar-refractivity contribution in [2.75, 3.05) is 6.61 Å². The number of ether oxygens (including phenoxy) is 1. The van der Waals surface area contributed by atoms with Crippen LogP contribution in [0.25, 0.3) is 16.8 Å². The zero-order chi connectivity index (χ0) is 21.1. The molecule has 4 aromatic rings. The standard InChI is InChI=1S/C24H24N4O2/c1-4-30-20-12-10-18(11-13-20)14-26-24(29)21-15-25-23-22(19-8-6-5-7-9-19)16(2)27-28(23)17(21)3/h5-13,15H,4,14H2,1-3H3,(H,26,29). The van der Waals surface area contributed by atoms with Crippen LogP contribution in [0.1, 0.15) is 34.2 Å². The van der Waals surface area contributed by atoms with Crippen LogP contribution < -0.4 is 10.1 Å². The normalized spacial score (nSPS) is 10.9. The van der Waals surface area contributed by atoms with Crippen LogP contribution in [0.5, 0.6) is 5.75 Å². The van der Waals surface area contributed by atoms with Gasteiger partial charge in [0.1, 0.15) is 5.75 Å². The average molecular weight is 400 g/mol. The molecule has 4 rings (SSSR count). The van der Waals surface area contributed by atoms with E-state index < -0.39 is 0 Å². The number of aromatic nitrogens is 3. The minimum Gasteiger partial charge on any atom is -0.494 e. The van der Waals surface area contributed by atoms with Gasteiger partial charge in [0.05, 0.1) is 23.6 Å². The van der Waals surface area contributed by atoms with E-state index in [4.69, 9.17) is 4.74 Å². The number of aryl methyl sites for hydroxylation is 2. The maximum atomic E-state index is 12.8. The lowest BCUT2D eigenvalue weighted by atomic mass is 10.1. The summed E-state index contributed by atoms with van der Waals surface area (Å²) < 4.78 is 7.20. The summed E-state index contributed by atoms with van der Waals surface area (Å²) in [5, 5.41) is 7.60.